The predicted molar refractivity (Wildman–Crippen MR) is 153 cm³/mol. The number of nitrogens with zero attached hydrogens (tertiary/aromatic N) is 2. The summed E-state index contributed by atoms with van der Waals surface area (Å²) in [6.45, 7) is 9.27. The van der Waals surface area contributed by atoms with Crippen LogP contribution in [-0.2, 0) is 26.1 Å². The van der Waals surface area contributed by atoms with E-state index in [9.17, 15) is 4.79 Å². The molecule has 2 N–H and O–H groups in total. The molecule has 1 saturated heterocycles. The van der Waals surface area contributed by atoms with Crippen molar-refractivity contribution in [2.75, 3.05) is 26.2 Å². The van der Waals surface area contributed by atoms with Gasteiger partial charge in [0.1, 0.15) is 5.75 Å². The third kappa shape index (κ3) is 7.03. The quantitative estimate of drug-likeness (QED) is 0.399. The summed E-state index contributed by atoms with van der Waals surface area (Å²) in [7, 11) is 0. The molecule has 2 aliphatic rings. The summed E-state index contributed by atoms with van der Waals surface area (Å²) in [4.78, 5) is 16.4. The van der Waals surface area contributed by atoms with Gasteiger partial charge in [0.15, 0.2) is 0 Å². The van der Waals surface area contributed by atoms with Crippen LogP contribution in [0, 0.1) is 12.8 Å². The second kappa shape index (κ2) is 12.6. The Labute approximate surface area is 227 Å². The van der Waals surface area contributed by atoms with Crippen molar-refractivity contribution in [3.63, 3.8) is 0 Å². The van der Waals surface area contributed by atoms with Crippen LogP contribution in [-0.4, -0.2) is 41.9 Å². The third-order valence-electron chi connectivity index (χ3n) is 8.29. The first-order valence-corrected chi connectivity index (χ1v) is 14.2. The van der Waals surface area contributed by atoms with Crippen LogP contribution in [0.1, 0.15) is 63.9 Å². The largest absolute Gasteiger partial charge is 0.494 e. The number of hydrogen-bond donors (Lipinski definition) is 1. The van der Waals surface area contributed by atoms with Crippen LogP contribution in [0.15, 0.2) is 66.7 Å². The van der Waals surface area contributed by atoms with E-state index in [1.807, 2.05) is 24.3 Å². The van der Waals surface area contributed by atoms with Crippen molar-refractivity contribution in [1.82, 2.24) is 9.80 Å². The summed E-state index contributed by atoms with van der Waals surface area (Å²) in [6.07, 6.45) is 5.88. The SMILES string of the molecule is Cc1ccccc1CN1CCCc2ccc(OCCC3CCN(Cc4ccc(C(N)=O)cc4)CC3)cc2C1. The number of fused-ring (bicyclic) bond motifs is 1. The Kier molecular flexibility index (Phi) is 8.77. The van der Waals surface area contributed by atoms with Gasteiger partial charge in [-0.2, -0.15) is 0 Å². The average Bonchev–Trinajstić information content (AvgIpc) is 3.12. The first-order chi connectivity index (χ1) is 18.5. The molecule has 0 saturated carbocycles. The molecule has 1 fully saturated rings. The number of piperidine rings is 1. The van der Waals surface area contributed by atoms with E-state index in [0.29, 0.717) is 11.5 Å². The Morgan fingerprint density at radius 1 is 0.921 bits per heavy atom. The highest BCUT2D eigenvalue weighted by molar-refractivity contribution is 5.92. The first-order valence-electron chi connectivity index (χ1n) is 14.2. The van der Waals surface area contributed by atoms with E-state index >= 15 is 0 Å². The monoisotopic (exact) mass is 511 g/mol. The van der Waals surface area contributed by atoms with Crippen LogP contribution >= 0.6 is 0 Å². The number of aryl methyl sites for hydroxylation is 2. The number of benzene rings is 3. The number of hydrogen-bond acceptors (Lipinski definition) is 4. The third-order valence-corrected chi connectivity index (χ3v) is 8.29. The summed E-state index contributed by atoms with van der Waals surface area (Å²) in [6, 6.07) is 23.2. The molecule has 38 heavy (non-hydrogen) atoms. The Bertz CT molecular complexity index is 1220. The van der Waals surface area contributed by atoms with Crippen molar-refractivity contribution in [3.8, 4) is 5.75 Å². The van der Waals surface area contributed by atoms with Gasteiger partial charge in [0.05, 0.1) is 6.61 Å². The van der Waals surface area contributed by atoms with Crippen molar-refractivity contribution in [2.45, 2.75) is 58.7 Å². The minimum atomic E-state index is -0.370. The summed E-state index contributed by atoms with van der Waals surface area (Å²) in [5, 5.41) is 0. The summed E-state index contributed by atoms with van der Waals surface area (Å²) >= 11 is 0. The molecule has 5 nitrogen and oxygen atoms in total. The highest BCUT2D eigenvalue weighted by atomic mass is 16.5. The summed E-state index contributed by atoms with van der Waals surface area (Å²) in [5.41, 5.74) is 12.9. The van der Waals surface area contributed by atoms with Crippen molar-refractivity contribution >= 4 is 5.91 Å². The Balaban J connectivity index is 1.07. The maximum absolute atomic E-state index is 11.3. The molecule has 5 rings (SSSR count). The Hall–Kier alpha value is -3.15. The highest BCUT2D eigenvalue weighted by Crippen LogP contribution is 2.27. The number of rotatable bonds is 9. The molecule has 2 aliphatic heterocycles. The molecule has 0 unspecified atom stereocenters. The zero-order valence-electron chi connectivity index (χ0n) is 22.7. The number of amides is 1. The molecule has 0 aliphatic carbocycles. The van der Waals surface area contributed by atoms with Crippen LogP contribution in [0.2, 0.25) is 0 Å². The maximum atomic E-state index is 11.3. The molecule has 1 amide bonds. The van der Waals surface area contributed by atoms with E-state index in [1.165, 1.54) is 47.1 Å². The highest BCUT2D eigenvalue weighted by Gasteiger charge is 2.20. The van der Waals surface area contributed by atoms with Gasteiger partial charge in [0.25, 0.3) is 0 Å². The van der Waals surface area contributed by atoms with Gasteiger partial charge in [-0.25, -0.2) is 0 Å². The lowest BCUT2D eigenvalue weighted by molar-refractivity contribution is 0.1000. The second-order valence-corrected chi connectivity index (χ2v) is 11.1. The zero-order chi connectivity index (χ0) is 26.3. The molecule has 3 aromatic rings. The van der Waals surface area contributed by atoms with E-state index < -0.39 is 0 Å². The fourth-order valence-corrected chi connectivity index (χ4v) is 5.87. The second-order valence-electron chi connectivity index (χ2n) is 11.1. The number of nitrogens with two attached hydrogens (primary N) is 1. The van der Waals surface area contributed by atoms with Gasteiger partial charge in [-0.1, -0.05) is 42.5 Å². The van der Waals surface area contributed by atoms with Gasteiger partial charge in [0, 0.05) is 25.2 Å². The van der Waals surface area contributed by atoms with Crippen LogP contribution < -0.4 is 10.5 Å². The molecule has 2 heterocycles. The predicted octanol–water partition coefficient (Wildman–Crippen LogP) is 5.72. The standard InChI is InChI=1S/C33H41N3O2/c1-25-5-2-3-6-30(25)23-36-17-4-7-28-12-13-32(21-31(28)24-36)38-20-16-26-14-18-35(19-15-26)22-27-8-10-29(11-9-27)33(34)37/h2-3,5-6,8-13,21,26H,4,7,14-20,22-24H2,1H3,(H2,34,37). The smallest absolute Gasteiger partial charge is 0.248 e. The molecule has 0 aromatic heterocycles. The minimum Gasteiger partial charge on any atom is -0.494 e. The van der Waals surface area contributed by atoms with E-state index in [2.05, 4.69) is 59.2 Å². The van der Waals surface area contributed by atoms with Gasteiger partial charge in [0.2, 0.25) is 5.91 Å². The number of ether oxygens (including phenoxy) is 1. The van der Waals surface area contributed by atoms with E-state index in [4.69, 9.17) is 10.5 Å². The lowest BCUT2D eigenvalue weighted by Crippen LogP contribution is -2.33. The average molecular weight is 512 g/mol. The number of primary amides is 1. The van der Waals surface area contributed by atoms with E-state index in [1.54, 1.807) is 0 Å². The molecule has 200 valence electrons. The zero-order valence-corrected chi connectivity index (χ0v) is 22.7. The number of likely N-dealkylation sites (tertiary alicyclic amines) is 1. The van der Waals surface area contributed by atoms with Crippen molar-refractivity contribution in [2.24, 2.45) is 11.7 Å². The normalized spacial score (nSPS) is 17.1. The van der Waals surface area contributed by atoms with Crippen LogP contribution in [0.3, 0.4) is 0 Å². The molecule has 0 spiro atoms. The van der Waals surface area contributed by atoms with Gasteiger partial charge in [-0.05, 0) is 117 Å². The van der Waals surface area contributed by atoms with E-state index in [-0.39, 0.29) is 5.91 Å². The lowest BCUT2D eigenvalue weighted by atomic mass is 9.93. The van der Waals surface area contributed by atoms with Gasteiger partial charge in [-0.3, -0.25) is 14.6 Å². The van der Waals surface area contributed by atoms with Gasteiger partial charge < -0.3 is 10.5 Å². The van der Waals surface area contributed by atoms with Crippen molar-refractivity contribution in [1.29, 1.82) is 0 Å². The van der Waals surface area contributed by atoms with E-state index in [0.717, 1.165) is 64.5 Å². The minimum absolute atomic E-state index is 0.370. The molecule has 5 heteroatoms. The maximum Gasteiger partial charge on any atom is 0.248 e. The Morgan fingerprint density at radius 2 is 1.71 bits per heavy atom. The molecule has 0 bridgehead atoms. The fourth-order valence-electron chi connectivity index (χ4n) is 5.87. The molecule has 3 aromatic carbocycles. The molecular weight excluding hydrogens is 470 g/mol. The van der Waals surface area contributed by atoms with Crippen LogP contribution in [0.4, 0.5) is 0 Å². The van der Waals surface area contributed by atoms with Gasteiger partial charge >= 0.3 is 0 Å². The molecular formula is C33H41N3O2. The van der Waals surface area contributed by atoms with Gasteiger partial charge in [-0.15, -0.1) is 0 Å². The Morgan fingerprint density at radius 3 is 2.47 bits per heavy atom. The summed E-state index contributed by atoms with van der Waals surface area (Å²) in [5.74, 6) is 1.36. The van der Waals surface area contributed by atoms with Crippen molar-refractivity contribution in [3.05, 3.63) is 100 Å². The topological polar surface area (TPSA) is 58.8 Å². The summed E-state index contributed by atoms with van der Waals surface area (Å²) < 4.78 is 6.27. The fraction of sp³-hybridized carbons (Fsp3) is 0.424. The molecule has 0 radical (unpaired) electrons. The number of carbonyl (C=O) groups is 1. The lowest BCUT2D eigenvalue weighted by Gasteiger charge is -2.32. The molecule has 0 atom stereocenters. The number of carbonyl (C=O) groups excluding carboxylic acids is 1. The van der Waals surface area contributed by atoms with Crippen molar-refractivity contribution < 1.29 is 9.53 Å². The van der Waals surface area contributed by atoms with Crippen LogP contribution in [0.5, 0.6) is 5.75 Å². The first kappa shape index (κ1) is 26.5. The van der Waals surface area contributed by atoms with Crippen LogP contribution in [0.25, 0.3) is 0 Å².